The topological polar surface area (TPSA) is 61.4 Å². The second kappa shape index (κ2) is 9.76. The molecule has 5 nitrogen and oxygen atoms in total. The molecule has 1 aliphatic heterocycles. The fourth-order valence-electron chi connectivity index (χ4n) is 4.23. The number of nitrogens with zero attached hydrogens (tertiary/aromatic N) is 1. The molecule has 1 aliphatic carbocycles. The number of benzene rings is 1. The molecule has 1 saturated heterocycles. The Bertz CT molecular complexity index is 670. The molecule has 4 unspecified atom stereocenters. The lowest BCUT2D eigenvalue weighted by Crippen LogP contribution is -2.51. The molecule has 3 rings (SSSR count). The van der Waals surface area contributed by atoms with Gasteiger partial charge in [0.05, 0.1) is 0 Å². The van der Waals surface area contributed by atoms with E-state index in [9.17, 15) is 9.59 Å². The van der Waals surface area contributed by atoms with Crippen molar-refractivity contribution in [2.45, 2.75) is 57.2 Å². The minimum Gasteiger partial charge on any atom is -0.353 e. The largest absolute Gasteiger partial charge is 0.353 e. The molecule has 1 aromatic rings. The number of likely N-dealkylation sites (tertiary alicyclic amines) is 1. The highest BCUT2D eigenvalue weighted by Gasteiger charge is 2.47. The highest BCUT2D eigenvalue weighted by atomic mass is 35.5. The molecule has 0 spiro atoms. The summed E-state index contributed by atoms with van der Waals surface area (Å²) in [5.41, 5.74) is 0.560. The lowest BCUT2D eigenvalue weighted by atomic mass is 9.84. The summed E-state index contributed by atoms with van der Waals surface area (Å²) in [5.74, 6) is 0.296. The first-order valence-corrected chi connectivity index (χ1v) is 9.92. The number of carbonyl (C=O) groups is 2. The average molecular weight is 414 g/mol. The Hall–Kier alpha value is -1.30. The molecule has 2 aliphatic rings. The van der Waals surface area contributed by atoms with E-state index in [0.29, 0.717) is 23.0 Å². The first-order valence-electron chi connectivity index (χ1n) is 9.54. The van der Waals surface area contributed by atoms with Crippen molar-refractivity contribution in [2.24, 2.45) is 5.92 Å². The molecule has 4 atom stereocenters. The van der Waals surface area contributed by atoms with Gasteiger partial charge in [-0.1, -0.05) is 30.5 Å². The van der Waals surface area contributed by atoms with Crippen LogP contribution in [0.5, 0.6) is 0 Å². The third-order valence-corrected chi connectivity index (χ3v) is 6.01. The molecule has 2 amide bonds. The van der Waals surface area contributed by atoms with Crippen LogP contribution in [0.15, 0.2) is 24.3 Å². The van der Waals surface area contributed by atoms with Crippen molar-refractivity contribution in [2.75, 3.05) is 13.6 Å². The van der Waals surface area contributed by atoms with Gasteiger partial charge in [0.2, 0.25) is 5.91 Å². The van der Waals surface area contributed by atoms with Gasteiger partial charge in [0.15, 0.2) is 0 Å². The SMILES string of the molecule is CNC(C)CNC(=O)C1CC2CCCCC2N1C(=O)c1cccc(Cl)c1.Cl. The van der Waals surface area contributed by atoms with E-state index in [1.54, 1.807) is 24.3 Å². The molecule has 1 aromatic carbocycles. The van der Waals surface area contributed by atoms with Crippen molar-refractivity contribution < 1.29 is 9.59 Å². The summed E-state index contributed by atoms with van der Waals surface area (Å²) in [6, 6.07) is 6.98. The standard InChI is InChI=1S/C20H28ClN3O2.ClH/c1-13(22-2)12-23-19(25)18-11-14-6-3-4-9-17(14)24(18)20(26)15-7-5-8-16(21)10-15;/h5,7-8,10,13-14,17-18,22H,3-4,6,9,11-12H2,1-2H3,(H,23,25);1H. The number of hydrogen-bond acceptors (Lipinski definition) is 3. The number of fused-ring (bicyclic) bond motifs is 1. The van der Waals surface area contributed by atoms with Crippen LogP contribution in [0.3, 0.4) is 0 Å². The van der Waals surface area contributed by atoms with E-state index < -0.39 is 6.04 Å². The monoisotopic (exact) mass is 413 g/mol. The van der Waals surface area contributed by atoms with Crippen LogP contribution in [-0.2, 0) is 4.79 Å². The van der Waals surface area contributed by atoms with Gasteiger partial charge in [-0.25, -0.2) is 0 Å². The Morgan fingerprint density at radius 1 is 1.30 bits per heavy atom. The fraction of sp³-hybridized carbons (Fsp3) is 0.600. The Morgan fingerprint density at radius 3 is 2.74 bits per heavy atom. The van der Waals surface area contributed by atoms with Gasteiger partial charge in [0.1, 0.15) is 6.04 Å². The van der Waals surface area contributed by atoms with Crippen LogP contribution in [0.25, 0.3) is 0 Å². The highest BCUT2D eigenvalue weighted by Crippen LogP contribution is 2.40. The predicted octanol–water partition coefficient (Wildman–Crippen LogP) is 3.26. The Balaban J connectivity index is 0.00000261. The van der Waals surface area contributed by atoms with Crippen molar-refractivity contribution in [3.8, 4) is 0 Å². The number of carbonyl (C=O) groups excluding carboxylic acids is 2. The van der Waals surface area contributed by atoms with Crippen LogP contribution in [0.4, 0.5) is 0 Å². The summed E-state index contributed by atoms with van der Waals surface area (Å²) >= 11 is 6.08. The summed E-state index contributed by atoms with van der Waals surface area (Å²) in [6.07, 6.45) is 5.14. The van der Waals surface area contributed by atoms with E-state index in [4.69, 9.17) is 11.6 Å². The molecule has 1 saturated carbocycles. The molecule has 1 heterocycles. The summed E-state index contributed by atoms with van der Waals surface area (Å²) < 4.78 is 0. The van der Waals surface area contributed by atoms with E-state index in [-0.39, 0.29) is 36.3 Å². The molecule has 0 bridgehead atoms. The second-order valence-corrected chi connectivity index (χ2v) is 7.96. The van der Waals surface area contributed by atoms with E-state index in [1.165, 1.54) is 6.42 Å². The number of halogens is 2. The second-order valence-electron chi connectivity index (χ2n) is 7.52. The molecular formula is C20H29Cl2N3O2. The molecular weight excluding hydrogens is 385 g/mol. The Labute approximate surface area is 172 Å². The van der Waals surface area contributed by atoms with Crippen LogP contribution in [0.2, 0.25) is 5.02 Å². The van der Waals surface area contributed by atoms with Gasteiger partial charge in [0.25, 0.3) is 5.91 Å². The smallest absolute Gasteiger partial charge is 0.254 e. The van der Waals surface area contributed by atoms with E-state index in [2.05, 4.69) is 10.6 Å². The van der Waals surface area contributed by atoms with Crippen molar-refractivity contribution in [1.82, 2.24) is 15.5 Å². The number of likely N-dealkylation sites (N-methyl/N-ethyl adjacent to an activating group) is 1. The number of rotatable bonds is 5. The molecule has 0 radical (unpaired) electrons. The van der Waals surface area contributed by atoms with Gasteiger partial charge in [-0.05, 0) is 57.4 Å². The lowest BCUT2D eigenvalue weighted by molar-refractivity contribution is -0.125. The number of nitrogens with one attached hydrogen (secondary N) is 2. The Morgan fingerprint density at radius 2 is 2.04 bits per heavy atom. The lowest BCUT2D eigenvalue weighted by Gasteiger charge is -2.33. The maximum Gasteiger partial charge on any atom is 0.254 e. The molecule has 150 valence electrons. The van der Waals surface area contributed by atoms with Gasteiger partial charge in [-0.3, -0.25) is 9.59 Å². The molecule has 2 fully saturated rings. The van der Waals surface area contributed by atoms with Gasteiger partial charge in [0, 0.05) is 29.2 Å². The van der Waals surface area contributed by atoms with Crippen molar-refractivity contribution >= 4 is 35.8 Å². The van der Waals surface area contributed by atoms with Crippen molar-refractivity contribution in [3.63, 3.8) is 0 Å². The maximum atomic E-state index is 13.2. The molecule has 2 N–H and O–H groups in total. The third kappa shape index (κ3) is 4.95. The quantitative estimate of drug-likeness (QED) is 0.778. The predicted molar refractivity (Wildman–Crippen MR) is 111 cm³/mol. The van der Waals surface area contributed by atoms with Crippen LogP contribution in [0, 0.1) is 5.92 Å². The average Bonchev–Trinajstić information content (AvgIpc) is 3.04. The summed E-state index contributed by atoms with van der Waals surface area (Å²) in [7, 11) is 1.87. The normalized spacial score (nSPS) is 25.3. The van der Waals surface area contributed by atoms with Gasteiger partial charge in [-0.15, -0.1) is 12.4 Å². The van der Waals surface area contributed by atoms with Crippen molar-refractivity contribution in [1.29, 1.82) is 0 Å². The van der Waals surface area contributed by atoms with Gasteiger partial charge in [-0.2, -0.15) is 0 Å². The van der Waals surface area contributed by atoms with E-state index >= 15 is 0 Å². The molecule has 0 aromatic heterocycles. The van der Waals surface area contributed by atoms with Gasteiger partial charge < -0.3 is 15.5 Å². The maximum absolute atomic E-state index is 13.2. The first kappa shape index (κ1) is 22.0. The first-order chi connectivity index (χ1) is 12.5. The zero-order chi connectivity index (χ0) is 18.7. The van der Waals surface area contributed by atoms with E-state index in [0.717, 1.165) is 25.7 Å². The van der Waals surface area contributed by atoms with Crippen LogP contribution in [-0.4, -0.2) is 48.4 Å². The van der Waals surface area contributed by atoms with Crippen LogP contribution >= 0.6 is 24.0 Å². The van der Waals surface area contributed by atoms with Crippen LogP contribution < -0.4 is 10.6 Å². The number of hydrogen-bond donors (Lipinski definition) is 2. The van der Waals surface area contributed by atoms with E-state index in [1.807, 2.05) is 18.9 Å². The van der Waals surface area contributed by atoms with Crippen molar-refractivity contribution in [3.05, 3.63) is 34.9 Å². The zero-order valence-corrected chi connectivity index (χ0v) is 17.5. The zero-order valence-electron chi connectivity index (χ0n) is 15.9. The fourth-order valence-corrected chi connectivity index (χ4v) is 4.42. The minimum atomic E-state index is -0.390. The molecule has 27 heavy (non-hydrogen) atoms. The minimum absolute atomic E-state index is 0. The summed E-state index contributed by atoms with van der Waals surface area (Å²) in [5, 5.41) is 6.67. The van der Waals surface area contributed by atoms with Crippen LogP contribution in [0.1, 0.15) is 49.4 Å². The summed E-state index contributed by atoms with van der Waals surface area (Å²) in [6.45, 7) is 2.57. The number of amides is 2. The van der Waals surface area contributed by atoms with Gasteiger partial charge >= 0.3 is 0 Å². The molecule has 7 heteroatoms. The summed E-state index contributed by atoms with van der Waals surface area (Å²) in [4.78, 5) is 27.9. The Kier molecular flexibility index (Phi) is 7.95. The third-order valence-electron chi connectivity index (χ3n) is 5.77. The highest BCUT2D eigenvalue weighted by molar-refractivity contribution is 6.31.